The molecule has 1 aliphatic heterocycles. The minimum atomic E-state index is 0.123. The van der Waals surface area contributed by atoms with Gasteiger partial charge in [-0.1, -0.05) is 18.9 Å². The highest BCUT2D eigenvalue weighted by Crippen LogP contribution is 2.12. The van der Waals surface area contributed by atoms with Gasteiger partial charge >= 0.3 is 6.02 Å². The maximum Gasteiger partial charge on any atom is 0.317 e. The van der Waals surface area contributed by atoms with Gasteiger partial charge in [-0.2, -0.15) is 15.4 Å². The Morgan fingerprint density at radius 2 is 2.12 bits per heavy atom. The highest BCUT2D eigenvalue weighted by Gasteiger charge is 2.30. The van der Waals surface area contributed by atoms with E-state index in [4.69, 9.17) is 10.00 Å². The van der Waals surface area contributed by atoms with Crippen LogP contribution < -0.4 is 0 Å². The molecule has 0 aromatic heterocycles. The van der Waals surface area contributed by atoms with Crippen molar-refractivity contribution in [2.24, 2.45) is 21.1 Å². The monoisotopic (exact) mass is 235 g/mol. The van der Waals surface area contributed by atoms with Gasteiger partial charge in [0.25, 0.3) is 0 Å². The molecule has 0 bridgehead atoms. The predicted molar refractivity (Wildman–Crippen MR) is 66.7 cm³/mol. The number of rotatable bonds is 3. The van der Waals surface area contributed by atoms with Crippen molar-refractivity contribution in [3.05, 3.63) is 0 Å². The summed E-state index contributed by atoms with van der Waals surface area (Å²) in [5, 5.41) is 16.5. The number of aliphatic imine (C=N–C) groups is 1. The van der Waals surface area contributed by atoms with E-state index in [-0.39, 0.29) is 12.6 Å². The zero-order valence-corrected chi connectivity index (χ0v) is 10.6. The summed E-state index contributed by atoms with van der Waals surface area (Å²) < 4.78 is 5.35. The molecule has 1 fully saturated rings. The standard InChI is InChI=1S/C11H17N5O/c1-8(2)5-14-15-11-16(9(3)4)10(6-17-11)13-7-12/h5,8-9H,6H2,1-4H3/b13-10?,14-5+,15-11-. The van der Waals surface area contributed by atoms with Crippen molar-refractivity contribution < 1.29 is 4.74 Å². The van der Waals surface area contributed by atoms with E-state index in [0.717, 1.165) is 0 Å². The molecule has 0 radical (unpaired) electrons. The molecule has 0 spiro atoms. The fourth-order valence-corrected chi connectivity index (χ4v) is 1.33. The van der Waals surface area contributed by atoms with Gasteiger partial charge in [-0.25, -0.2) is 0 Å². The Bertz CT molecular complexity index is 389. The van der Waals surface area contributed by atoms with Crippen LogP contribution in [0.3, 0.4) is 0 Å². The molecule has 1 rings (SSSR count). The van der Waals surface area contributed by atoms with Gasteiger partial charge in [-0.15, -0.1) is 0 Å². The van der Waals surface area contributed by atoms with E-state index in [1.165, 1.54) is 0 Å². The van der Waals surface area contributed by atoms with E-state index >= 15 is 0 Å². The van der Waals surface area contributed by atoms with Crippen molar-refractivity contribution in [1.29, 1.82) is 5.26 Å². The molecule has 1 saturated heterocycles. The molecular formula is C11H17N5O. The number of hydrogen-bond donors (Lipinski definition) is 0. The number of nitriles is 1. The molecule has 1 aliphatic rings. The SMILES string of the molecule is CC(C)/C=N/N=C1\OCC(=NC#N)N1C(C)C. The molecule has 0 aliphatic carbocycles. The second-order valence-electron chi connectivity index (χ2n) is 4.27. The first-order chi connectivity index (χ1) is 8.06. The lowest BCUT2D eigenvalue weighted by molar-refractivity contribution is 0.347. The molecular weight excluding hydrogens is 218 g/mol. The summed E-state index contributed by atoms with van der Waals surface area (Å²) >= 11 is 0. The molecule has 1 heterocycles. The average Bonchev–Trinajstić information content (AvgIpc) is 2.61. The molecule has 0 aromatic carbocycles. The van der Waals surface area contributed by atoms with Crippen LogP contribution in [0.5, 0.6) is 0 Å². The molecule has 0 amide bonds. The minimum Gasteiger partial charge on any atom is -0.455 e. The molecule has 0 unspecified atom stereocenters. The average molecular weight is 235 g/mol. The van der Waals surface area contributed by atoms with E-state index < -0.39 is 0 Å². The molecule has 0 N–H and O–H groups in total. The van der Waals surface area contributed by atoms with E-state index in [9.17, 15) is 0 Å². The van der Waals surface area contributed by atoms with Gasteiger partial charge in [-0.05, 0) is 19.8 Å². The first kappa shape index (κ1) is 13.2. The Hall–Kier alpha value is -1.90. The van der Waals surface area contributed by atoms with Crippen molar-refractivity contribution in [1.82, 2.24) is 4.90 Å². The summed E-state index contributed by atoms with van der Waals surface area (Å²) in [5.74, 6) is 0.904. The van der Waals surface area contributed by atoms with Crippen LogP contribution in [0.1, 0.15) is 27.7 Å². The molecule has 6 heteroatoms. The van der Waals surface area contributed by atoms with Gasteiger partial charge < -0.3 is 4.74 Å². The summed E-state index contributed by atoms with van der Waals surface area (Å²) in [4.78, 5) is 5.47. The van der Waals surface area contributed by atoms with Crippen LogP contribution in [-0.2, 0) is 4.74 Å². The summed E-state index contributed by atoms with van der Waals surface area (Å²) in [6.07, 6.45) is 3.49. The van der Waals surface area contributed by atoms with Gasteiger partial charge in [-0.3, -0.25) is 4.90 Å². The molecule has 0 atom stereocenters. The van der Waals surface area contributed by atoms with Crippen molar-refractivity contribution in [3.63, 3.8) is 0 Å². The van der Waals surface area contributed by atoms with Crippen LogP contribution in [0.4, 0.5) is 0 Å². The van der Waals surface area contributed by atoms with E-state index in [0.29, 0.717) is 17.8 Å². The first-order valence-corrected chi connectivity index (χ1v) is 5.55. The van der Waals surface area contributed by atoms with Crippen LogP contribution in [0.25, 0.3) is 0 Å². The Morgan fingerprint density at radius 1 is 1.41 bits per heavy atom. The largest absolute Gasteiger partial charge is 0.455 e. The van der Waals surface area contributed by atoms with Gasteiger partial charge in [0.2, 0.25) is 6.19 Å². The quantitative estimate of drug-likeness (QED) is 0.423. The first-order valence-electron chi connectivity index (χ1n) is 5.55. The zero-order chi connectivity index (χ0) is 12.8. The maximum atomic E-state index is 8.57. The van der Waals surface area contributed by atoms with Gasteiger partial charge in [0, 0.05) is 12.3 Å². The van der Waals surface area contributed by atoms with Crippen molar-refractivity contribution in [2.75, 3.05) is 6.61 Å². The maximum absolute atomic E-state index is 8.57. The fourth-order valence-electron chi connectivity index (χ4n) is 1.33. The molecule has 17 heavy (non-hydrogen) atoms. The zero-order valence-electron chi connectivity index (χ0n) is 10.6. The van der Waals surface area contributed by atoms with Gasteiger partial charge in [0.05, 0.1) is 0 Å². The Kier molecular flexibility index (Phi) is 4.64. The highest BCUT2D eigenvalue weighted by molar-refractivity contribution is 6.03. The third-order valence-electron chi connectivity index (χ3n) is 2.02. The number of amidine groups is 2. The van der Waals surface area contributed by atoms with Crippen LogP contribution in [0, 0.1) is 17.4 Å². The Balaban J connectivity index is 2.88. The number of ether oxygens (including phenoxy) is 1. The Labute approximate surface area is 101 Å². The third kappa shape index (κ3) is 3.55. The lowest BCUT2D eigenvalue weighted by atomic mass is 10.3. The topological polar surface area (TPSA) is 73.3 Å². The second-order valence-corrected chi connectivity index (χ2v) is 4.27. The summed E-state index contributed by atoms with van der Waals surface area (Å²) in [6.45, 7) is 8.25. The molecule has 0 saturated carbocycles. The van der Waals surface area contributed by atoms with Crippen LogP contribution >= 0.6 is 0 Å². The summed E-state index contributed by atoms with van der Waals surface area (Å²) in [5.41, 5.74) is 0. The molecule has 6 nitrogen and oxygen atoms in total. The van der Waals surface area contributed by atoms with E-state index in [1.54, 1.807) is 17.3 Å². The van der Waals surface area contributed by atoms with Crippen LogP contribution in [0.15, 0.2) is 15.2 Å². The van der Waals surface area contributed by atoms with Crippen LogP contribution in [-0.4, -0.2) is 35.6 Å². The molecule has 0 aromatic rings. The van der Waals surface area contributed by atoms with Crippen molar-refractivity contribution in [3.8, 4) is 6.19 Å². The smallest absolute Gasteiger partial charge is 0.317 e. The van der Waals surface area contributed by atoms with Crippen molar-refractivity contribution >= 4 is 18.1 Å². The van der Waals surface area contributed by atoms with E-state index in [2.05, 4.69) is 15.2 Å². The lowest BCUT2D eigenvalue weighted by Crippen LogP contribution is -2.36. The van der Waals surface area contributed by atoms with E-state index in [1.807, 2.05) is 27.7 Å². The summed E-state index contributed by atoms with van der Waals surface area (Å²) in [6, 6.07) is 0.517. The van der Waals surface area contributed by atoms with Gasteiger partial charge in [0.1, 0.15) is 0 Å². The predicted octanol–water partition coefficient (Wildman–Crippen LogP) is 1.60. The lowest BCUT2D eigenvalue weighted by Gasteiger charge is -2.19. The fraction of sp³-hybridized carbons (Fsp3) is 0.636. The summed E-state index contributed by atoms with van der Waals surface area (Å²) in [7, 11) is 0. The third-order valence-corrected chi connectivity index (χ3v) is 2.02. The number of hydrogen-bond acceptors (Lipinski definition) is 5. The second kappa shape index (κ2) is 5.99. The highest BCUT2D eigenvalue weighted by atomic mass is 16.5. The minimum absolute atomic E-state index is 0.123. The number of nitrogens with zero attached hydrogens (tertiary/aromatic N) is 5. The van der Waals surface area contributed by atoms with Gasteiger partial charge in [0.15, 0.2) is 12.4 Å². The Morgan fingerprint density at radius 3 is 2.65 bits per heavy atom. The normalized spacial score (nSPS) is 20.9. The molecule has 92 valence electrons. The van der Waals surface area contributed by atoms with Crippen molar-refractivity contribution in [2.45, 2.75) is 33.7 Å². The van der Waals surface area contributed by atoms with Crippen LogP contribution in [0.2, 0.25) is 0 Å².